The fourth-order valence-electron chi connectivity index (χ4n) is 3.09. The number of aryl methyl sites for hydroxylation is 3. The second-order valence-corrected chi connectivity index (χ2v) is 8.62. The van der Waals surface area contributed by atoms with Crippen molar-refractivity contribution in [2.75, 3.05) is 5.32 Å². The number of nitrogens with one attached hydrogen (secondary N) is 2. The third-order valence-corrected chi connectivity index (χ3v) is 5.77. The second kappa shape index (κ2) is 8.04. The lowest BCUT2D eigenvalue weighted by atomic mass is 10.2. The van der Waals surface area contributed by atoms with E-state index in [0.717, 1.165) is 42.6 Å². The molecule has 0 aliphatic heterocycles. The van der Waals surface area contributed by atoms with Crippen molar-refractivity contribution in [1.29, 1.82) is 0 Å². The van der Waals surface area contributed by atoms with Gasteiger partial charge in [-0.25, -0.2) is 28.1 Å². The number of rotatable bonds is 4. The molecule has 1 fully saturated rings. The minimum Gasteiger partial charge on any atom is -0.294 e. The molecule has 0 radical (unpaired) electrons. The number of sulfonamides is 1. The van der Waals surface area contributed by atoms with Crippen LogP contribution in [0.2, 0.25) is 0 Å². The lowest BCUT2D eigenvalue weighted by Gasteiger charge is -2.15. The predicted molar refractivity (Wildman–Crippen MR) is 106 cm³/mol. The van der Waals surface area contributed by atoms with Crippen LogP contribution in [-0.4, -0.2) is 30.4 Å². The average Bonchev–Trinajstić information content (AvgIpc) is 3.06. The molecule has 27 heavy (non-hydrogen) atoms. The molecule has 0 unspecified atom stereocenters. The molecule has 7 nitrogen and oxygen atoms in total. The van der Waals surface area contributed by atoms with Gasteiger partial charge in [-0.15, -0.1) is 0 Å². The maximum Gasteiger partial charge on any atom is 0.264 e. The van der Waals surface area contributed by atoms with Crippen molar-refractivity contribution in [3.05, 3.63) is 47.3 Å². The first-order valence-corrected chi connectivity index (χ1v) is 10.6. The summed E-state index contributed by atoms with van der Waals surface area (Å²) in [6.07, 6.45) is 4.11. The van der Waals surface area contributed by atoms with Gasteiger partial charge in [-0.2, -0.15) is 0 Å². The number of aromatic nitrogens is 2. The van der Waals surface area contributed by atoms with Crippen molar-refractivity contribution in [1.82, 2.24) is 14.7 Å². The van der Waals surface area contributed by atoms with E-state index in [-0.39, 0.29) is 16.9 Å². The molecule has 0 bridgehead atoms. The van der Waals surface area contributed by atoms with Crippen LogP contribution in [0.25, 0.3) is 0 Å². The Kier molecular flexibility index (Phi) is 5.74. The number of hydrogen-bond donors (Lipinski definition) is 2. The maximum atomic E-state index is 12.8. The molecular formula is C19H25N5O2S. The molecule has 2 N–H and O–H groups in total. The van der Waals surface area contributed by atoms with E-state index in [2.05, 4.69) is 25.0 Å². The van der Waals surface area contributed by atoms with Crippen LogP contribution < -0.4 is 10.0 Å². The van der Waals surface area contributed by atoms with Crippen molar-refractivity contribution in [2.24, 2.45) is 4.99 Å². The molecule has 0 spiro atoms. The third kappa shape index (κ3) is 5.26. The van der Waals surface area contributed by atoms with Gasteiger partial charge in [-0.1, -0.05) is 30.5 Å². The van der Waals surface area contributed by atoms with Crippen LogP contribution in [0.1, 0.15) is 42.6 Å². The van der Waals surface area contributed by atoms with Crippen molar-refractivity contribution in [2.45, 2.75) is 57.4 Å². The summed E-state index contributed by atoms with van der Waals surface area (Å²) in [6, 6.07) is 8.65. The zero-order valence-electron chi connectivity index (χ0n) is 15.9. The molecule has 8 heteroatoms. The summed E-state index contributed by atoms with van der Waals surface area (Å²) < 4.78 is 28.1. The van der Waals surface area contributed by atoms with Gasteiger partial charge >= 0.3 is 0 Å². The van der Waals surface area contributed by atoms with Gasteiger partial charge in [0.05, 0.1) is 10.9 Å². The molecule has 144 valence electrons. The number of guanidine groups is 1. The number of benzene rings is 1. The Morgan fingerprint density at radius 2 is 1.63 bits per heavy atom. The minimum atomic E-state index is -3.76. The van der Waals surface area contributed by atoms with Gasteiger partial charge in [0.1, 0.15) is 0 Å². The smallest absolute Gasteiger partial charge is 0.264 e. The molecule has 1 aliphatic rings. The Bertz CT molecular complexity index is 913. The lowest BCUT2D eigenvalue weighted by Crippen LogP contribution is -2.37. The Morgan fingerprint density at radius 1 is 1.04 bits per heavy atom. The largest absolute Gasteiger partial charge is 0.294 e. The number of nitrogens with zero attached hydrogens (tertiary/aromatic N) is 3. The number of hydrogen-bond acceptors (Lipinski definition) is 5. The van der Waals surface area contributed by atoms with E-state index >= 15 is 0 Å². The highest BCUT2D eigenvalue weighted by Crippen LogP contribution is 2.21. The maximum absolute atomic E-state index is 12.8. The summed E-state index contributed by atoms with van der Waals surface area (Å²) in [7, 11) is -3.76. The van der Waals surface area contributed by atoms with E-state index in [1.54, 1.807) is 24.3 Å². The fourth-order valence-corrected chi connectivity index (χ4v) is 4.06. The highest BCUT2D eigenvalue weighted by molar-refractivity contribution is 7.90. The van der Waals surface area contributed by atoms with E-state index in [1.165, 1.54) is 0 Å². The Hall–Kier alpha value is -2.48. The van der Waals surface area contributed by atoms with E-state index in [1.807, 2.05) is 26.8 Å². The Balaban J connectivity index is 1.88. The molecule has 0 saturated heterocycles. The molecule has 1 aromatic carbocycles. The summed E-state index contributed by atoms with van der Waals surface area (Å²) in [5, 5.41) is 2.96. The van der Waals surface area contributed by atoms with Crippen LogP contribution in [-0.2, 0) is 10.0 Å². The molecule has 1 aliphatic carbocycles. The molecule has 3 rings (SSSR count). The topological polar surface area (TPSA) is 96.3 Å². The molecule has 0 atom stereocenters. The van der Waals surface area contributed by atoms with E-state index in [0.29, 0.717) is 5.95 Å². The average molecular weight is 388 g/mol. The van der Waals surface area contributed by atoms with Crippen molar-refractivity contribution in [3.63, 3.8) is 0 Å². The first-order chi connectivity index (χ1) is 12.8. The summed E-state index contributed by atoms with van der Waals surface area (Å²) >= 11 is 0. The van der Waals surface area contributed by atoms with Gasteiger partial charge in [0.2, 0.25) is 11.9 Å². The molecule has 1 aromatic heterocycles. The van der Waals surface area contributed by atoms with Gasteiger partial charge in [0.25, 0.3) is 10.0 Å². The van der Waals surface area contributed by atoms with Crippen molar-refractivity contribution < 1.29 is 8.42 Å². The van der Waals surface area contributed by atoms with Gasteiger partial charge in [0.15, 0.2) is 0 Å². The quantitative estimate of drug-likeness (QED) is 0.621. The first kappa shape index (κ1) is 19.3. The predicted octanol–water partition coefficient (Wildman–Crippen LogP) is 3.09. The SMILES string of the molecule is Cc1ccc(S(=O)(=O)NC(=NC2CCCC2)Nc2nc(C)cc(C)n2)cc1. The second-order valence-electron chi connectivity index (χ2n) is 6.93. The standard InChI is InChI=1S/C19H25N5O2S/c1-13-8-10-17(11-9-13)27(25,26)24-19(22-16-6-4-5-7-16)23-18-20-14(2)12-15(3)21-18/h8-12,16H,4-7H2,1-3H3,(H2,20,21,22,23,24). The molecule has 1 saturated carbocycles. The Morgan fingerprint density at radius 3 is 2.22 bits per heavy atom. The molecule has 1 heterocycles. The van der Waals surface area contributed by atoms with Crippen molar-refractivity contribution >= 4 is 21.9 Å². The van der Waals surface area contributed by atoms with Crippen LogP contribution in [0, 0.1) is 20.8 Å². The molecule has 2 aromatic rings. The number of aliphatic imine (C=N–C) groups is 1. The monoisotopic (exact) mass is 387 g/mol. The summed E-state index contributed by atoms with van der Waals surface area (Å²) in [5.74, 6) is 0.489. The molecular weight excluding hydrogens is 362 g/mol. The summed E-state index contributed by atoms with van der Waals surface area (Å²) in [5.41, 5.74) is 2.59. The van der Waals surface area contributed by atoms with Crippen LogP contribution in [0.5, 0.6) is 0 Å². The highest BCUT2D eigenvalue weighted by atomic mass is 32.2. The zero-order valence-corrected chi connectivity index (χ0v) is 16.7. The van der Waals surface area contributed by atoms with Gasteiger partial charge in [-0.05, 0) is 51.8 Å². The van der Waals surface area contributed by atoms with Crippen molar-refractivity contribution in [3.8, 4) is 0 Å². The van der Waals surface area contributed by atoms with E-state index in [4.69, 9.17) is 0 Å². The normalized spacial score (nSPS) is 15.7. The Labute approximate surface area is 160 Å². The van der Waals surface area contributed by atoms with E-state index < -0.39 is 10.0 Å². The lowest BCUT2D eigenvalue weighted by molar-refractivity contribution is 0.592. The van der Waals surface area contributed by atoms with Gasteiger partial charge in [-0.3, -0.25) is 5.32 Å². The van der Waals surface area contributed by atoms with Crippen LogP contribution >= 0.6 is 0 Å². The van der Waals surface area contributed by atoms with Crippen LogP contribution in [0.15, 0.2) is 40.2 Å². The zero-order chi connectivity index (χ0) is 19.4. The van der Waals surface area contributed by atoms with E-state index in [9.17, 15) is 8.42 Å². The first-order valence-electron chi connectivity index (χ1n) is 9.08. The highest BCUT2D eigenvalue weighted by Gasteiger charge is 2.20. The fraction of sp³-hybridized carbons (Fsp3) is 0.421. The summed E-state index contributed by atoms with van der Waals surface area (Å²) in [4.78, 5) is 13.4. The third-order valence-electron chi connectivity index (χ3n) is 4.41. The molecule has 0 amide bonds. The minimum absolute atomic E-state index is 0.0964. The summed E-state index contributed by atoms with van der Waals surface area (Å²) in [6.45, 7) is 5.64. The van der Waals surface area contributed by atoms with Crippen LogP contribution in [0.4, 0.5) is 5.95 Å². The van der Waals surface area contributed by atoms with Gasteiger partial charge < -0.3 is 0 Å². The van der Waals surface area contributed by atoms with Gasteiger partial charge in [0, 0.05) is 11.4 Å². The van der Waals surface area contributed by atoms with Crippen LogP contribution in [0.3, 0.4) is 0 Å². The number of anilines is 1.